The van der Waals surface area contributed by atoms with E-state index < -0.39 is 0 Å². The molecule has 1 aromatic carbocycles. The van der Waals surface area contributed by atoms with E-state index in [9.17, 15) is 4.39 Å². The number of hydrogen-bond acceptors (Lipinski definition) is 0. The van der Waals surface area contributed by atoms with Gasteiger partial charge in [0.2, 0.25) is 0 Å². The average Bonchev–Trinajstić information content (AvgIpc) is 2.48. The zero-order chi connectivity index (χ0) is 13.9. The van der Waals surface area contributed by atoms with E-state index in [-0.39, 0.29) is 5.82 Å². The Hall–Kier alpha value is -0.850. The van der Waals surface area contributed by atoms with Crippen molar-refractivity contribution in [2.75, 3.05) is 0 Å². The third-order valence-corrected chi connectivity index (χ3v) is 5.76. The van der Waals surface area contributed by atoms with Crippen LogP contribution in [0.25, 0.3) is 0 Å². The maximum Gasteiger partial charge on any atom is 0.123 e. The van der Waals surface area contributed by atoms with E-state index in [1.54, 1.807) is 12.1 Å². The van der Waals surface area contributed by atoms with Crippen molar-refractivity contribution in [2.45, 2.75) is 64.2 Å². The number of hydrogen-bond donors (Lipinski definition) is 0. The first kappa shape index (κ1) is 14.1. The van der Waals surface area contributed by atoms with Crippen LogP contribution in [0.2, 0.25) is 0 Å². The Morgan fingerprint density at radius 3 is 2.40 bits per heavy atom. The van der Waals surface area contributed by atoms with Gasteiger partial charge in [-0.15, -0.1) is 0 Å². The molecular weight excluding hydrogens is 247 g/mol. The molecule has 20 heavy (non-hydrogen) atoms. The molecule has 3 rings (SSSR count). The van der Waals surface area contributed by atoms with Gasteiger partial charge in [-0.25, -0.2) is 4.39 Å². The van der Waals surface area contributed by atoms with Gasteiger partial charge in [0.1, 0.15) is 5.82 Å². The standard InChI is InChI=1S/C19H27F/c1-2-3-14-4-5-18-13-17(7-6-16(18)12-14)15-8-10-19(20)11-9-15/h8-11,14,16-18H,2-7,12-13H2,1H3/t14-,16-,17-,18-/m1/s1. The quantitative estimate of drug-likeness (QED) is 0.641. The Morgan fingerprint density at radius 1 is 0.950 bits per heavy atom. The zero-order valence-corrected chi connectivity index (χ0v) is 12.7. The van der Waals surface area contributed by atoms with E-state index in [0.29, 0.717) is 5.92 Å². The smallest absolute Gasteiger partial charge is 0.123 e. The van der Waals surface area contributed by atoms with Crippen LogP contribution in [0.1, 0.15) is 69.8 Å². The summed E-state index contributed by atoms with van der Waals surface area (Å²) in [5.74, 6) is 3.50. The van der Waals surface area contributed by atoms with Gasteiger partial charge in [0.15, 0.2) is 0 Å². The molecule has 110 valence electrons. The first-order chi connectivity index (χ1) is 9.76. The van der Waals surface area contributed by atoms with Crippen LogP contribution in [-0.2, 0) is 0 Å². The lowest BCUT2D eigenvalue weighted by Crippen LogP contribution is -2.30. The largest absolute Gasteiger partial charge is 0.207 e. The van der Waals surface area contributed by atoms with Gasteiger partial charge in [0.05, 0.1) is 0 Å². The molecule has 0 aromatic heterocycles. The van der Waals surface area contributed by atoms with E-state index >= 15 is 0 Å². The lowest BCUT2D eigenvalue weighted by Gasteiger charge is -2.42. The van der Waals surface area contributed by atoms with E-state index in [1.165, 1.54) is 56.9 Å². The molecular formula is C19H27F. The van der Waals surface area contributed by atoms with Crippen molar-refractivity contribution in [1.29, 1.82) is 0 Å². The van der Waals surface area contributed by atoms with Gasteiger partial charge in [-0.3, -0.25) is 0 Å². The van der Waals surface area contributed by atoms with Crippen molar-refractivity contribution in [2.24, 2.45) is 17.8 Å². The predicted octanol–water partition coefficient (Wildman–Crippen LogP) is 5.93. The van der Waals surface area contributed by atoms with Gasteiger partial charge in [0, 0.05) is 0 Å². The minimum atomic E-state index is -0.109. The van der Waals surface area contributed by atoms with Gasteiger partial charge in [-0.1, -0.05) is 38.3 Å². The van der Waals surface area contributed by atoms with Crippen LogP contribution in [0.3, 0.4) is 0 Å². The number of halogens is 1. The van der Waals surface area contributed by atoms with Crippen molar-refractivity contribution < 1.29 is 4.39 Å². The molecule has 0 nitrogen and oxygen atoms in total. The topological polar surface area (TPSA) is 0 Å². The molecule has 0 heterocycles. The highest BCUT2D eigenvalue weighted by atomic mass is 19.1. The van der Waals surface area contributed by atoms with Crippen LogP contribution in [0.4, 0.5) is 4.39 Å². The second kappa shape index (κ2) is 6.28. The highest BCUT2D eigenvalue weighted by Crippen LogP contribution is 2.48. The first-order valence-corrected chi connectivity index (χ1v) is 8.51. The summed E-state index contributed by atoms with van der Waals surface area (Å²) in [5, 5.41) is 0. The fraction of sp³-hybridized carbons (Fsp3) is 0.684. The fourth-order valence-electron chi connectivity index (χ4n) is 4.69. The Morgan fingerprint density at radius 2 is 1.65 bits per heavy atom. The molecule has 0 unspecified atom stereocenters. The molecule has 2 saturated carbocycles. The maximum atomic E-state index is 13.0. The second-order valence-electron chi connectivity index (χ2n) is 7.05. The lowest BCUT2D eigenvalue weighted by molar-refractivity contribution is 0.114. The van der Waals surface area contributed by atoms with Gasteiger partial charge in [-0.2, -0.15) is 0 Å². The zero-order valence-electron chi connectivity index (χ0n) is 12.7. The van der Waals surface area contributed by atoms with Crippen LogP contribution >= 0.6 is 0 Å². The lowest BCUT2D eigenvalue weighted by atomic mass is 9.63. The van der Waals surface area contributed by atoms with Crippen molar-refractivity contribution in [3.63, 3.8) is 0 Å². The molecule has 1 heteroatoms. The summed E-state index contributed by atoms with van der Waals surface area (Å²) in [6.07, 6.45) is 11.2. The second-order valence-corrected chi connectivity index (χ2v) is 7.05. The van der Waals surface area contributed by atoms with Crippen molar-refractivity contribution in [3.05, 3.63) is 35.6 Å². The summed E-state index contributed by atoms with van der Waals surface area (Å²) < 4.78 is 13.0. The van der Waals surface area contributed by atoms with Gasteiger partial charge in [-0.05, 0) is 73.5 Å². The molecule has 4 atom stereocenters. The van der Waals surface area contributed by atoms with E-state index in [1.807, 2.05) is 12.1 Å². The Labute approximate surface area is 122 Å². The van der Waals surface area contributed by atoms with E-state index in [2.05, 4.69) is 6.92 Å². The summed E-state index contributed by atoms with van der Waals surface area (Å²) in [6, 6.07) is 7.26. The van der Waals surface area contributed by atoms with Crippen LogP contribution < -0.4 is 0 Å². The minimum Gasteiger partial charge on any atom is -0.207 e. The Bertz CT molecular complexity index is 422. The molecule has 2 aliphatic rings. The summed E-state index contributed by atoms with van der Waals surface area (Å²) >= 11 is 0. The molecule has 0 bridgehead atoms. The Kier molecular flexibility index (Phi) is 4.43. The van der Waals surface area contributed by atoms with Gasteiger partial charge >= 0.3 is 0 Å². The third-order valence-electron chi connectivity index (χ3n) is 5.76. The monoisotopic (exact) mass is 274 g/mol. The number of benzene rings is 1. The molecule has 0 N–H and O–H groups in total. The van der Waals surface area contributed by atoms with E-state index in [4.69, 9.17) is 0 Å². The fourth-order valence-corrected chi connectivity index (χ4v) is 4.69. The molecule has 0 saturated heterocycles. The molecule has 1 aromatic rings. The molecule has 2 aliphatic carbocycles. The molecule has 2 fully saturated rings. The summed E-state index contributed by atoms with van der Waals surface area (Å²) in [7, 11) is 0. The van der Waals surface area contributed by atoms with Crippen molar-refractivity contribution >= 4 is 0 Å². The molecule has 0 amide bonds. The number of rotatable bonds is 3. The van der Waals surface area contributed by atoms with Crippen molar-refractivity contribution in [3.8, 4) is 0 Å². The molecule has 0 radical (unpaired) electrons. The van der Waals surface area contributed by atoms with Gasteiger partial charge < -0.3 is 0 Å². The van der Waals surface area contributed by atoms with Crippen molar-refractivity contribution in [1.82, 2.24) is 0 Å². The average molecular weight is 274 g/mol. The van der Waals surface area contributed by atoms with Crippen LogP contribution in [0.15, 0.2) is 24.3 Å². The summed E-state index contributed by atoms with van der Waals surface area (Å²) in [6.45, 7) is 2.32. The van der Waals surface area contributed by atoms with Gasteiger partial charge in [0.25, 0.3) is 0 Å². The van der Waals surface area contributed by atoms with Crippen LogP contribution in [-0.4, -0.2) is 0 Å². The summed E-state index contributed by atoms with van der Waals surface area (Å²) in [5.41, 5.74) is 1.36. The highest BCUT2D eigenvalue weighted by Gasteiger charge is 2.35. The molecule has 0 spiro atoms. The van der Waals surface area contributed by atoms with Crippen LogP contribution in [0.5, 0.6) is 0 Å². The third kappa shape index (κ3) is 3.07. The minimum absolute atomic E-state index is 0.109. The number of fused-ring (bicyclic) bond motifs is 1. The van der Waals surface area contributed by atoms with E-state index in [0.717, 1.165) is 17.8 Å². The first-order valence-electron chi connectivity index (χ1n) is 8.51. The SMILES string of the molecule is CCC[C@@H]1CC[C@@H]2C[C@H](c3ccc(F)cc3)CC[C@@H]2C1. The predicted molar refractivity (Wildman–Crippen MR) is 82.2 cm³/mol. The normalized spacial score (nSPS) is 33.7. The molecule has 0 aliphatic heterocycles. The highest BCUT2D eigenvalue weighted by molar-refractivity contribution is 5.21. The maximum absolute atomic E-state index is 13.0. The Balaban J connectivity index is 1.61. The van der Waals surface area contributed by atoms with Crippen LogP contribution in [0, 0.1) is 23.6 Å². The summed E-state index contributed by atoms with van der Waals surface area (Å²) in [4.78, 5) is 0.